The Labute approximate surface area is 182 Å². The number of piperidine rings is 1. The second-order valence-corrected chi connectivity index (χ2v) is 9.05. The second-order valence-electron chi connectivity index (χ2n) is 9.05. The molecule has 0 unspecified atom stereocenters. The predicted octanol–water partition coefficient (Wildman–Crippen LogP) is 3.56. The molecule has 2 fully saturated rings. The van der Waals surface area contributed by atoms with Crippen molar-refractivity contribution in [2.24, 2.45) is 7.05 Å². The third kappa shape index (κ3) is 3.87. The fourth-order valence-electron chi connectivity index (χ4n) is 5.24. The van der Waals surface area contributed by atoms with E-state index in [0.717, 1.165) is 50.0 Å². The molecular weight excluding hydrogens is 388 g/mol. The van der Waals surface area contributed by atoms with Gasteiger partial charge in [-0.2, -0.15) is 5.10 Å². The minimum absolute atomic E-state index is 0.0770. The van der Waals surface area contributed by atoms with Gasteiger partial charge in [-0.1, -0.05) is 19.3 Å². The molecule has 3 heterocycles. The van der Waals surface area contributed by atoms with E-state index in [-0.39, 0.29) is 5.56 Å². The summed E-state index contributed by atoms with van der Waals surface area (Å²) in [6, 6.07) is 9.00. The van der Waals surface area contributed by atoms with Crippen LogP contribution >= 0.6 is 0 Å². The highest BCUT2D eigenvalue weighted by atomic mass is 16.1. The first-order valence-corrected chi connectivity index (χ1v) is 11.6. The van der Waals surface area contributed by atoms with Crippen LogP contribution in [0.25, 0.3) is 22.4 Å². The lowest BCUT2D eigenvalue weighted by atomic mass is 9.86. The van der Waals surface area contributed by atoms with Crippen molar-refractivity contribution in [1.82, 2.24) is 25.1 Å². The van der Waals surface area contributed by atoms with Crippen LogP contribution in [0.3, 0.4) is 0 Å². The van der Waals surface area contributed by atoms with Crippen LogP contribution in [0, 0.1) is 0 Å². The number of H-pyrrole nitrogens is 1. The summed E-state index contributed by atoms with van der Waals surface area (Å²) < 4.78 is 1.78. The summed E-state index contributed by atoms with van der Waals surface area (Å²) >= 11 is 0. The first-order valence-electron chi connectivity index (χ1n) is 11.6. The number of rotatable bonds is 4. The van der Waals surface area contributed by atoms with Gasteiger partial charge in [0, 0.05) is 43.3 Å². The van der Waals surface area contributed by atoms with E-state index >= 15 is 0 Å². The molecule has 1 aromatic carbocycles. The van der Waals surface area contributed by atoms with Crippen molar-refractivity contribution in [3.05, 3.63) is 40.3 Å². The van der Waals surface area contributed by atoms with Gasteiger partial charge in [-0.05, 0) is 57.0 Å². The molecule has 31 heavy (non-hydrogen) atoms. The molecule has 3 aromatic rings. The Kier molecular flexibility index (Phi) is 5.52. The summed E-state index contributed by atoms with van der Waals surface area (Å²) in [5.74, 6) is 0.980. The van der Waals surface area contributed by atoms with Gasteiger partial charge in [-0.3, -0.25) is 4.79 Å². The number of aromatic amines is 1. The van der Waals surface area contributed by atoms with Crippen molar-refractivity contribution in [2.75, 3.05) is 25.0 Å². The zero-order valence-corrected chi connectivity index (χ0v) is 18.5. The van der Waals surface area contributed by atoms with E-state index in [1.807, 2.05) is 14.1 Å². The highest BCUT2D eigenvalue weighted by molar-refractivity contribution is 5.80. The summed E-state index contributed by atoms with van der Waals surface area (Å²) in [7, 11) is 3.93. The topological polar surface area (TPSA) is 78.8 Å². The van der Waals surface area contributed by atoms with Crippen LogP contribution in [0.15, 0.2) is 29.1 Å². The average Bonchev–Trinajstić information content (AvgIpc) is 3.17. The molecule has 0 spiro atoms. The lowest BCUT2D eigenvalue weighted by Crippen LogP contribution is -2.41. The fraction of sp³-hybridized carbons (Fsp3) is 0.542. The van der Waals surface area contributed by atoms with Gasteiger partial charge in [0.05, 0.1) is 5.69 Å². The third-order valence-electron chi connectivity index (χ3n) is 7.12. The molecule has 2 N–H and O–H groups in total. The zero-order chi connectivity index (χ0) is 21.4. The lowest BCUT2D eigenvalue weighted by Gasteiger charge is -2.33. The zero-order valence-electron chi connectivity index (χ0n) is 18.5. The molecule has 2 aliphatic rings. The van der Waals surface area contributed by atoms with Gasteiger partial charge in [0.1, 0.15) is 11.2 Å². The summed E-state index contributed by atoms with van der Waals surface area (Å²) in [6.45, 7) is 2.12. The van der Waals surface area contributed by atoms with E-state index in [9.17, 15) is 4.79 Å². The van der Waals surface area contributed by atoms with E-state index in [1.165, 1.54) is 24.9 Å². The summed E-state index contributed by atoms with van der Waals surface area (Å²) in [5, 5.41) is 8.77. The Morgan fingerprint density at radius 2 is 1.74 bits per heavy atom. The highest BCUT2D eigenvalue weighted by Gasteiger charge is 2.24. The highest BCUT2D eigenvalue weighted by Crippen LogP contribution is 2.34. The molecule has 2 aromatic heterocycles. The number of nitrogens with zero attached hydrogens (tertiary/aromatic N) is 4. The van der Waals surface area contributed by atoms with Gasteiger partial charge in [-0.15, -0.1) is 0 Å². The number of aryl methyl sites for hydroxylation is 1. The van der Waals surface area contributed by atoms with Gasteiger partial charge >= 0.3 is 0 Å². The molecule has 5 rings (SSSR count). The maximum absolute atomic E-state index is 13.1. The molecule has 0 atom stereocenters. The Morgan fingerprint density at radius 1 is 1.03 bits per heavy atom. The van der Waals surface area contributed by atoms with Crippen molar-refractivity contribution < 1.29 is 0 Å². The SMILES string of the molecule is CNC1CCN(c2ccc(-c3nc4c(c(C5CCCCC5)nn4C)c(=O)[nH]3)cc2)CC1. The number of hydrogen-bond donors (Lipinski definition) is 2. The number of hydrogen-bond acceptors (Lipinski definition) is 5. The lowest BCUT2D eigenvalue weighted by molar-refractivity contribution is 0.435. The minimum atomic E-state index is -0.0770. The van der Waals surface area contributed by atoms with Crippen LogP contribution in [0.1, 0.15) is 56.6 Å². The monoisotopic (exact) mass is 420 g/mol. The van der Waals surface area contributed by atoms with Crippen molar-refractivity contribution in [3.8, 4) is 11.4 Å². The van der Waals surface area contributed by atoms with E-state index in [1.54, 1.807) is 4.68 Å². The molecule has 0 radical (unpaired) electrons. The van der Waals surface area contributed by atoms with E-state index in [4.69, 9.17) is 10.1 Å². The molecule has 1 aliphatic heterocycles. The number of aromatic nitrogens is 4. The normalized spacial score (nSPS) is 18.7. The van der Waals surface area contributed by atoms with Gasteiger partial charge < -0.3 is 15.2 Å². The maximum Gasteiger partial charge on any atom is 0.262 e. The Morgan fingerprint density at radius 3 is 2.42 bits per heavy atom. The predicted molar refractivity (Wildman–Crippen MR) is 125 cm³/mol. The molecular formula is C24H32N6O. The largest absolute Gasteiger partial charge is 0.371 e. The molecule has 7 heteroatoms. The standard InChI is InChI=1S/C24H32N6O/c1-25-18-12-14-30(15-13-18)19-10-8-17(9-11-19)22-26-23-20(24(31)27-22)21(28-29(23)2)16-6-4-3-5-7-16/h8-11,16,18,25H,3-7,12-15H2,1-2H3,(H,26,27,31). The Balaban J connectivity index is 1.43. The summed E-state index contributed by atoms with van der Waals surface area (Å²) in [5.41, 5.74) is 3.68. The number of anilines is 1. The molecule has 1 saturated heterocycles. The Bertz CT molecular complexity index is 1100. The summed E-state index contributed by atoms with van der Waals surface area (Å²) in [6.07, 6.45) is 8.25. The van der Waals surface area contributed by atoms with Crippen LogP contribution in [-0.4, -0.2) is 45.9 Å². The molecule has 1 aliphatic carbocycles. The van der Waals surface area contributed by atoms with Crippen LogP contribution < -0.4 is 15.8 Å². The van der Waals surface area contributed by atoms with Gasteiger partial charge in [-0.25, -0.2) is 9.67 Å². The molecule has 0 bridgehead atoms. The molecule has 1 saturated carbocycles. The van der Waals surface area contributed by atoms with Crippen molar-refractivity contribution in [2.45, 2.75) is 56.9 Å². The first kappa shape index (κ1) is 20.2. The number of nitrogens with one attached hydrogen (secondary N) is 2. The van der Waals surface area contributed by atoms with Crippen molar-refractivity contribution in [1.29, 1.82) is 0 Å². The van der Waals surface area contributed by atoms with Crippen molar-refractivity contribution >= 4 is 16.7 Å². The first-order chi connectivity index (χ1) is 15.1. The van der Waals surface area contributed by atoms with Gasteiger partial charge in [0.15, 0.2) is 5.65 Å². The van der Waals surface area contributed by atoms with E-state index < -0.39 is 0 Å². The van der Waals surface area contributed by atoms with Gasteiger partial charge in [0.25, 0.3) is 5.56 Å². The molecule has 7 nitrogen and oxygen atoms in total. The van der Waals surface area contributed by atoms with Crippen LogP contribution in [0.2, 0.25) is 0 Å². The minimum Gasteiger partial charge on any atom is -0.371 e. The fourth-order valence-corrected chi connectivity index (χ4v) is 5.24. The van der Waals surface area contributed by atoms with Crippen LogP contribution in [0.4, 0.5) is 5.69 Å². The quantitative estimate of drug-likeness (QED) is 0.675. The average molecular weight is 421 g/mol. The van der Waals surface area contributed by atoms with Crippen LogP contribution in [0.5, 0.6) is 0 Å². The second kappa shape index (κ2) is 8.46. The van der Waals surface area contributed by atoms with Crippen LogP contribution in [-0.2, 0) is 7.05 Å². The molecule has 164 valence electrons. The van der Waals surface area contributed by atoms with E-state index in [2.05, 4.69) is 39.5 Å². The third-order valence-corrected chi connectivity index (χ3v) is 7.12. The summed E-state index contributed by atoms with van der Waals surface area (Å²) in [4.78, 5) is 23.3. The van der Waals surface area contributed by atoms with Crippen molar-refractivity contribution in [3.63, 3.8) is 0 Å². The number of benzene rings is 1. The Hall–Kier alpha value is -2.67. The smallest absolute Gasteiger partial charge is 0.262 e. The van der Waals surface area contributed by atoms with E-state index in [0.29, 0.717) is 28.8 Å². The number of fused-ring (bicyclic) bond motifs is 1. The maximum atomic E-state index is 13.1. The van der Waals surface area contributed by atoms with Gasteiger partial charge in [0.2, 0.25) is 0 Å². The molecule has 0 amide bonds.